The van der Waals surface area contributed by atoms with Crippen molar-refractivity contribution in [3.05, 3.63) is 211 Å². The first-order chi connectivity index (χ1) is 48.2. The largest absolute Gasteiger partial charge is 0.482 e. The molecule has 12 rings (SSSR count). The number of carbonyl (C=O) groups is 4. The zero-order valence-corrected chi connectivity index (χ0v) is 57.0. The summed E-state index contributed by atoms with van der Waals surface area (Å²) in [6, 6.07) is 50.3. The maximum Gasteiger partial charge on any atom is 0.344 e. The van der Waals surface area contributed by atoms with Crippen LogP contribution in [0.1, 0.15) is 13.3 Å². The van der Waals surface area contributed by atoms with Crippen LogP contribution in [0.25, 0.3) is 80.7 Å². The highest BCUT2D eigenvalue weighted by Crippen LogP contribution is 2.32. The van der Waals surface area contributed by atoms with Crippen LogP contribution >= 0.6 is 45.3 Å². The molecule has 0 aliphatic heterocycles. The first-order valence-electron chi connectivity index (χ1n) is 31.4. The minimum Gasteiger partial charge on any atom is -0.482 e. The van der Waals surface area contributed by atoms with Crippen LogP contribution in [0.2, 0.25) is 0 Å². The lowest BCUT2D eigenvalue weighted by Crippen LogP contribution is -2.38. The molecule has 0 aliphatic carbocycles. The standard InChI is InChI=1S/C57H50O15S3.C18H16O5S/c1-2-57(33-64-21-24-67-51(58)30-70-36-15-18-48-42(27-36)54(61)39-9-3-6-12-45(39)73-48,34-65-22-25-68-52(59)31-71-37-16-19-49-43(28-37)55(62)40-10-4-7-13-46(40)74-49)35-66-23-26-69-53(60)32-72-38-17-20-50-44(29-38)56(63)41-11-5-8-14-47(41)75-50;1-21-8-9-22-17(19)11-23-12-6-7-16-14(10-12)18(20)13-4-2-3-5-15(13)24-16/h3-20,27-29H,2,21-26,30-35H2,1H3;2-7,10H,8-9,11H2,1H3. The molecule has 24 heteroatoms. The summed E-state index contributed by atoms with van der Waals surface area (Å²) in [5.74, 6) is -0.800. The lowest BCUT2D eigenvalue weighted by Gasteiger charge is -2.32. The Morgan fingerprint density at radius 1 is 0.313 bits per heavy atom. The molecule has 0 aliphatic rings. The van der Waals surface area contributed by atoms with E-state index in [4.69, 9.17) is 56.8 Å². The second-order valence-electron chi connectivity index (χ2n) is 22.4. The fraction of sp³-hybridized carbons (Fsp3) is 0.253. The fourth-order valence-electron chi connectivity index (χ4n) is 10.4. The smallest absolute Gasteiger partial charge is 0.344 e. The highest BCUT2D eigenvalue weighted by Gasteiger charge is 2.30. The van der Waals surface area contributed by atoms with E-state index in [1.807, 2.05) is 91.9 Å². The first-order valence-corrected chi connectivity index (χ1v) is 34.7. The normalized spacial score (nSPS) is 11.5. The molecule has 0 fully saturated rings. The number of methoxy groups -OCH3 is 1. The predicted octanol–water partition coefficient (Wildman–Crippen LogP) is 12.5. The summed E-state index contributed by atoms with van der Waals surface area (Å²) in [5.41, 5.74) is -1.09. The van der Waals surface area contributed by atoms with E-state index in [9.17, 15) is 38.4 Å². The Kier molecular flexibility index (Phi) is 24.3. The van der Waals surface area contributed by atoms with Gasteiger partial charge in [0.05, 0.1) is 46.2 Å². The van der Waals surface area contributed by atoms with Gasteiger partial charge < -0.3 is 56.8 Å². The summed E-state index contributed by atoms with van der Waals surface area (Å²) in [7, 11) is 1.53. The van der Waals surface area contributed by atoms with E-state index in [0.717, 1.165) is 37.6 Å². The van der Waals surface area contributed by atoms with Crippen molar-refractivity contribution in [3.63, 3.8) is 0 Å². The molecule has 0 bridgehead atoms. The van der Waals surface area contributed by atoms with Gasteiger partial charge in [-0.1, -0.05) is 55.5 Å². The maximum atomic E-state index is 13.1. The summed E-state index contributed by atoms with van der Waals surface area (Å²) in [5, 5.41) is 4.64. The summed E-state index contributed by atoms with van der Waals surface area (Å²) in [4.78, 5) is 101. The number of rotatable bonds is 31. The number of benzene rings is 8. The number of hydrogen-bond donors (Lipinski definition) is 0. The van der Waals surface area contributed by atoms with Gasteiger partial charge in [-0.2, -0.15) is 0 Å². The number of esters is 4. The second kappa shape index (κ2) is 34.1. The Morgan fingerprint density at radius 2 is 0.556 bits per heavy atom. The van der Waals surface area contributed by atoms with E-state index in [0.29, 0.717) is 79.1 Å². The van der Waals surface area contributed by atoms with Crippen LogP contribution in [0.15, 0.2) is 189 Å². The SMILES string of the molecule is CCC(COCCOC(=O)COc1ccc2sc3ccccc3c(=O)c2c1)(COCCOC(=O)COc1ccc2sc3ccccc3c(=O)c2c1)COCCOC(=O)COc1ccc2sc3ccccc3c(=O)c2c1.COCCOC(=O)COc1ccc2sc3ccccc3c(=O)c2c1. The van der Waals surface area contributed by atoms with Crippen molar-refractivity contribution in [1.82, 2.24) is 0 Å². The van der Waals surface area contributed by atoms with E-state index >= 15 is 0 Å². The lowest BCUT2D eigenvalue weighted by molar-refractivity contribution is -0.150. The van der Waals surface area contributed by atoms with Gasteiger partial charge in [-0.05, 0) is 128 Å². The number of fused-ring (bicyclic) bond motifs is 8. The van der Waals surface area contributed by atoms with E-state index in [-0.39, 0.29) is 114 Å². The maximum absolute atomic E-state index is 13.1. The van der Waals surface area contributed by atoms with Crippen molar-refractivity contribution in [2.45, 2.75) is 13.3 Å². The van der Waals surface area contributed by atoms with Crippen LogP contribution in [0, 0.1) is 5.41 Å². The number of carbonyl (C=O) groups excluding carboxylic acids is 4. The van der Waals surface area contributed by atoms with Crippen molar-refractivity contribution >= 4 is 150 Å². The second-order valence-corrected chi connectivity index (χ2v) is 26.7. The van der Waals surface area contributed by atoms with Crippen LogP contribution in [0.3, 0.4) is 0 Å². The Labute approximate surface area is 581 Å². The molecule has 8 aromatic carbocycles. The van der Waals surface area contributed by atoms with Crippen molar-refractivity contribution in [3.8, 4) is 23.0 Å². The van der Waals surface area contributed by atoms with Gasteiger partial charge in [-0.15, -0.1) is 45.3 Å². The highest BCUT2D eigenvalue weighted by molar-refractivity contribution is 7.25. The minimum absolute atomic E-state index is 0.0347. The van der Waals surface area contributed by atoms with Crippen molar-refractivity contribution in [2.24, 2.45) is 5.41 Å². The van der Waals surface area contributed by atoms with Gasteiger partial charge in [-0.3, -0.25) is 19.2 Å². The molecule has 4 aromatic heterocycles. The van der Waals surface area contributed by atoms with Gasteiger partial charge in [0.1, 0.15) is 49.4 Å². The topological polar surface area (TPSA) is 247 Å². The molecule has 12 aromatic rings. The third-order valence-corrected chi connectivity index (χ3v) is 20.2. The molecule has 4 heterocycles. The Balaban J connectivity index is 0.000000346. The van der Waals surface area contributed by atoms with E-state index in [1.54, 1.807) is 96.3 Å². The zero-order valence-electron chi connectivity index (χ0n) is 53.8. The Hall–Kier alpha value is -9.76. The van der Waals surface area contributed by atoms with Crippen molar-refractivity contribution in [2.75, 3.05) is 106 Å². The van der Waals surface area contributed by atoms with E-state index in [1.165, 1.54) is 41.1 Å². The summed E-state index contributed by atoms with van der Waals surface area (Å²) in [6.45, 7) is 1.44. The van der Waals surface area contributed by atoms with Crippen LogP contribution in [0.4, 0.5) is 0 Å². The predicted molar refractivity (Wildman–Crippen MR) is 385 cm³/mol. The third kappa shape index (κ3) is 18.3. The third-order valence-electron chi connectivity index (χ3n) is 15.6. The highest BCUT2D eigenvalue weighted by atomic mass is 32.1. The van der Waals surface area contributed by atoms with Crippen LogP contribution in [-0.2, 0) is 57.1 Å². The minimum atomic E-state index is -0.721. The van der Waals surface area contributed by atoms with Gasteiger partial charge in [-0.25, -0.2) is 19.2 Å². The van der Waals surface area contributed by atoms with Gasteiger partial charge in [0.25, 0.3) is 0 Å². The summed E-state index contributed by atoms with van der Waals surface area (Å²) in [6.07, 6.45) is 0.524. The van der Waals surface area contributed by atoms with Crippen molar-refractivity contribution < 1.29 is 76.0 Å². The van der Waals surface area contributed by atoms with Gasteiger partial charge in [0, 0.05) is 93.2 Å². The number of hydrogen-bond acceptors (Lipinski definition) is 24. The van der Waals surface area contributed by atoms with Gasteiger partial charge in [0.15, 0.2) is 48.1 Å². The van der Waals surface area contributed by atoms with E-state index < -0.39 is 29.3 Å². The number of ether oxygens (including phenoxy) is 12. The molecule has 99 heavy (non-hydrogen) atoms. The molecule has 0 N–H and O–H groups in total. The molecule has 0 saturated heterocycles. The molecular weight excluding hydrogens is 1350 g/mol. The molecule has 0 atom stereocenters. The summed E-state index contributed by atoms with van der Waals surface area (Å²) < 4.78 is 73.2. The molecular formula is C75H66O20S4. The molecule has 510 valence electrons. The average Bonchev–Trinajstić information content (AvgIpc) is 0.806. The molecule has 0 radical (unpaired) electrons. The van der Waals surface area contributed by atoms with Crippen LogP contribution in [0.5, 0.6) is 23.0 Å². The molecule has 20 nitrogen and oxygen atoms in total. The van der Waals surface area contributed by atoms with Gasteiger partial charge >= 0.3 is 23.9 Å². The monoisotopic (exact) mass is 1410 g/mol. The summed E-state index contributed by atoms with van der Waals surface area (Å²) >= 11 is 6.05. The molecule has 0 unspecified atom stereocenters. The molecule has 0 amide bonds. The van der Waals surface area contributed by atoms with Crippen LogP contribution in [-0.4, -0.2) is 130 Å². The van der Waals surface area contributed by atoms with Crippen molar-refractivity contribution in [1.29, 1.82) is 0 Å². The zero-order chi connectivity index (χ0) is 69.1. The van der Waals surface area contributed by atoms with Gasteiger partial charge in [0.2, 0.25) is 0 Å². The Morgan fingerprint density at radius 3 is 0.808 bits per heavy atom. The molecule has 0 spiro atoms. The molecule has 0 saturated carbocycles. The first kappa shape index (κ1) is 70.6. The Bertz CT molecular complexity index is 4780. The quantitative estimate of drug-likeness (QED) is 0.0169. The average molecular weight is 1420 g/mol. The lowest BCUT2D eigenvalue weighted by atomic mass is 9.88. The fourth-order valence-corrected chi connectivity index (χ4v) is 14.6. The van der Waals surface area contributed by atoms with Crippen LogP contribution < -0.4 is 40.7 Å². The van der Waals surface area contributed by atoms with E-state index in [2.05, 4.69) is 0 Å².